The van der Waals surface area contributed by atoms with Crippen LogP contribution < -0.4 is 4.74 Å². The summed E-state index contributed by atoms with van der Waals surface area (Å²) in [6.07, 6.45) is 2.63. The van der Waals surface area contributed by atoms with Crippen LogP contribution in [0.3, 0.4) is 0 Å². The van der Waals surface area contributed by atoms with Gasteiger partial charge in [0, 0.05) is 32.7 Å². The Bertz CT molecular complexity index is 633. The second kappa shape index (κ2) is 9.45. The van der Waals surface area contributed by atoms with Gasteiger partial charge < -0.3 is 4.74 Å². The van der Waals surface area contributed by atoms with Gasteiger partial charge in [0.2, 0.25) is 10.0 Å². The number of sulfonamides is 1. The first-order chi connectivity index (χ1) is 11.9. The zero-order valence-corrected chi connectivity index (χ0v) is 15.4. The monoisotopic (exact) mass is 376 g/mol. The van der Waals surface area contributed by atoms with Crippen LogP contribution in [-0.4, -0.2) is 56.2 Å². The van der Waals surface area contributed by atoms with Crippen molar-refractivity contribution in [3.8, 4) is 5.75 Å². The molecule has 0 N–H and O–H groups in total. The Kier molecular flexibility index (Phi) is 7.58. The zero-order valence-electron chi connectivity index (χ0n) is 14.5. The highest BCUT2D eigenvalue weighted by molar-refractivity contribution is 7.89. The first-order valence-electron chi connectivity index (χ1n) is 8.64. The molecule has 25 heavy (non-hydrogen) atoms. The molecule has 142 valence electrons. The van der Waals surface area contributed by atoms with Gasteiger partial charge in [-0.25, -0.2) is 8.42 Å². The molecule has 1 heterocycles. The Labute approximate surface area is 148 Å². The fraction of sp³-hybridized carbons (Fsp3) is 0.647. The van der Waals surface area contributed by atoms with Gasteiger partial charge >= 0.3 is 6.61 Å². The number of hydrogen-bond donors (Lipinski definition) is 0. The highest BCUT2D eigenvalue weighted by Gasteiger charge is 2.26. The predicted octanol–water partition coefficient (Wildman–Crippen LogP) is 2.93. The van der Waals surface area contributed by atoms with Crippen molar-refractivity contribution in [1.29, 1.82) is 0 Å². The van der Waals surface area contributed by atoms with Crippen LogP contribution in [0.15, 0.2) is 24.3 Å². The first kappa shape index (κ1) is 20.1. The number of piperazine rings is 1. The molecule has 5 nitrogen and oxygen atoms in total. The second-order valence-corrected chi connectivity index (χ2v) is 8.31. The minimum atomic E-state index is -3.17. The van der Waals surface area contributed by atoms with Gasteiger partial charge in [0.25, 0.3) is 0 Å². The molecular formula is C17H26F2N2O3S. The molecular weight excluding hydrogens is 350 g/mol. The maximum Gasteiger partial charge on any atom is 0.387 e. The van der Waals surface area contributed by atoms with Crippen LogP contribution in [0, 0.1) is 0 Å². The molecule has 0 radical (unpaired) electrons. The summed E-state index contributed by atoms with van der Waals surface area (Å²) >= 11 is 0. The number of unbranched alkanes of at least 4 members (excludes halogenated alkanes) is 2. The van der Waals surface area contributed by atoms with Gasteiger partial charge in [0.1, 0.15) is 5.75 Å². The van der Waals surface area contributed by atoms with E-state index in [-0.39, 0.29) is 11.5 Å². The minimum Gasteiger partial charge on any atom is -0.435 e. The molecule has 1 fully saturated rings. The van der Waals surface area contributed by atoms with Crippen LogP contribution in [0.1, 0.15) is 31.7 Å². The average molecular weight is 376 g/mol. The summed E-state index contributed by atoms with van der Waals surface area (Å²) in [5, 5.41) is 0. The van der Waals surface area contributed by atoms with E-state index in [4.69, 9.17) is 0 Å². The maximum atomic E-state index is 12.3. The van der Waals surface area contributed by atoms with E-state index in [2.05, 4.69) is 9.64 Å². The van der Waals surface area contributed by atoms with Gasteiger partial charge in [0.05, 0.1) is 5.75 Å². The number of benzene rings is 1. The molecule has 1 aromatic carbocycles. The van der Waals surface area contributed by atoms with Crippen LogP contribution in [0.2, 0.25) is 0 Å². The number of halogens is 2. The number of alkyl halides is 2. The van der Waals surface area contributed by atoms with Crippen LogP contribution >= 0.6 is 0 Å². The van der Waals surface area contributed by atoms with Crippen molar-refractivity contribution in [1.82, 2.24) is 9.21 Å². The van der Waals surface area contributed by atoms with Crippen molar-refractivity contribution in [3.63, 3.8) is 0 Å². The second-order valence-electron chi connectivity index (χ2n) is 6.22. The Balaban J connectivity index is 1.84. The maximum absolute atomic E-state index is 12.3. The van der Waals surface area contributed by atoms with E-state index < -0.39 is 16.6 Å². The van der Waals surface area contributed by atoms with E-state index >= 15 is 0 Å². The van der Waals surface area contributed by atoms with E-state index in [9.17, 15) is 17.2 Å². The Morgan fingerprint density at radius 2 is 1.88 bits per heavy atom. The smallest absolute Gasteiger partial charge is 0.387 e. The molecule has 0 aromatic heterocycles. The third-order valence-electron chi connectivity index (χ3n) is 4.26. The summed E-state index contributed by atoms with van der Waals surface area (Å²) in [4.78, 5) is 2.12. The predicted molar refractivity (Wildman–Crippen MR) is 93.2 cm³/mol. The summed E-state index contributed by atoms with van der Waals surface area (Å²) in [5.41, 5.74) is 0.873. The van der Waals surface area contributed by atoms with Crippen molar-refractivity contribution >= 4 is 10.0 Å². The average Bonchev–Trinajstić information content (AvgIpc) is 2.55. The van der Waals surface area contributed by atoms with E-state index in [1.165, 1.54) is 6.07 Å². The normalized spacial score (nSPS) is 17.1. The van der Waals surface area contributed by atoms with Crippen molar-refractivity contribution in [2.45, 2.75) is 39.3 Å². The van der Waals surface area contributed by atoms with Crippen molar-refractivity contribution in [3.05, 3.63) is 29.8 Å². The summed E-state index contributed by atoms with van der Waals surface area (Å²) in [6, 6.07) is 6.63. The quantitative estimate of drug-likeness (QED) is 0.622. The fourth-order valence-corrected chi connectivity index (χ4v) is 4.45. The van der Waals surface area contributed by atoms with E-state index in [0.717, 1.165) is 18.4 Å². The minimum absolute atomic E-state index is 0.143. The lowest BCUT2D eigenvalue weighted by atomic mass is 10.2. The Morgan fingerprint density at radius 3 is 2.52 bits per heavy atom. The molecule has 2 rings (SSSR count). The van der Waals surface area contributed by atoms with Gasteiger partial charge in [-0.2, -0.15) is 13.1 Å². The largest absolute Gasteiger partial charge is 0.435 e. The molecule has 0 bridgehead atoms. The summed E-state index contributed by atoms with van der Waals surface area (Å²) in [7, 11) is -3.17. The summed E-state index contributed by atoms with van der Waals surface area (Å²) in [5.74, 6) is 0.359. The first-order valence-corrected chi connectivity index (χ1v) is 10.3. The lowest BCUT2D eigenvalue weighted by molar-refractivity contribution is -0.0499. The summed E-state index contributed by atoms with van der Waals surface area (Å²) < 4.78 is 55.1. The lowest BCUT2D eigenvalue weighted by Gasteiger charge is -2.34. The number of nitrogens with zero attached hydrogens (tertiary/aromatic N) is 2. The summed E-state index contributed by atoms with van der Waals surface area (Å²) in [6.45, 7) is 2.01. The van der Waals surface area contributed by atoms with Crippen LogP contribution in [-0.2, 0) is 16.6 Å². The molecule has 1 aliphatic rings. The SMILES string of the molecule is CCCCCS(=O)(=O)N1CCN(Cc2cccc(OC(F)F)c2)CC1. The van der Waals surface area contributed by atoms with Crippen LogP contribution in [0.5, 0.6) is 5.75 Å². The van der Waals surface area contributed by atoms with Crippen LogP contribution in [0.25, 0.3) is 0 Å². The van der Waals surface area contributed by atoms with Crippen molar-refractivity contribution in [2.24, 2.45) is 0 Å². The molecule has 0 amide bonds. The lowest BCUT2D eigenvalue weighted by Crippen LogP contribution is -2.48. The third-order valence-corrected chi connectivity index (χ3v) is 6.22. The molecule has 0 atom stereocenters. The fourth-order valence-electron chi connectivity index (χ4n) is 2.91. The van der Waals surface area contributed by atoms with E-state index in [1.54, 1.807) is 16.4 Å². The molecule has 0 unspecified atom stereocenters. The molecule has 1 saturated heterocycles. The Hall–Kier alpha value is -1.25. The molecule has 0 aliphatic carbocycles. The topological polar surface area (TPSA) is 49.9 Å². The van der Waals surface area contributed by atoms with Crippen molar-refractivity contribution in [2.75, 3.05) is 31.9 Å². The van der Waals surface area contributed by atoms with Crippen molar-refractivity contribution < 1.29 is 21.9 Å². The number of ether oxygens (including phenoxy) is 1. The standard InChI is InChI=1S/C17H26F2N2O3S/c1-2-3-4-12-25(22,23)21-10-8-20(9-11-21)14-15-6-5-7-16(13-15)24-17(18)19/h5-7,13,17H,2-4,8-12,14H2,1H3. The molecule has 0 spiro atoms. The van der Waals surface area contributed by atoms with Gasteiger partial charge in [-0.1, -0.05) is 31.9 Å². The number of rotatable bonds is 9. The molecule has 0 saturated carbocycles. The van der Waals surface area contributed by atoms with Gasteiger partial charge in [-0.15, -0.1) is 0 Å². The highest BCUT2D eigenvalue weighted by atomic mass is 32.2. The highest BCUT2D eigenvalue weighted by Crippen LogP contribution is 2.18. The van der Waals surface area contributed by atoms with E-state index in [0.29, 0.717) is 39.1 Å². The number of hydrogen-bond acceptors (Lipinski definition) is 4. The molecule has 8 heteroatoms. The zero-order chi connectivity index (χ0) is 18.3. The van der Waals surface area contributed by atoms with Gasteiger partial charge in [-0.05, 0) is 24.1 Å². The van der Waals surface area contributed by atoms with Crippen LogP contribution in [0.4, 0.5) is 8.78 Å². The molecule has 1 aliphatic heterocycles. The van der Waals surface area contributed by atoms with Gasteiger partial charge in [-0.3, -0.25) is 4.90 Å². The van der Waals surface area contributed by atoms with E-state index in [1.807, 2.05) is 13.0 Å². The third kappa shape index (κ3) is 6.52. The van der Waals surface area contributed by atoms with Gasteiger partial charge in [0.15, 0.2) is 0 Å². The Morgan fingerprint density at radius 1 is 1.16 bits per heavy atom. The molecule has 1 aromatic rings.